The van der Waals surface area contributed by atoms with Gasteiger partial charge in [-0.1, -0.05) is 18.2 Å². The minimum atomic E-state index is 0.979. The van der Waals surface area contributed by atoms with Crippen molar-refractivity contribution < 1.29 is 4.74 Å². The third-order valence-electron chi connectivity index (χ3n) is 3.71. The molecule has 17 heavy (non-hydrogen) atoms. The summed E-state index contributed by atoms with van der Waals surface area (Å²) in [6.07, 6.45) is 5.36. The normalized spacial score (nSPS) is 17.4. The van der Waals surface area contributed by atoms with Gasteiger partial charge in [-0.15, -0.1) is 0 Å². The van der Waals surface area contributed by atoms with Gasteiger partial charge in [0.15, 0.2) is 0 Å². The molecule has 0 bridgehead atoms. The van der Waals surface area contributed by atoms with Crippen molar-refractivity contribution in [3.05, 3.63) is 52.4 Å². The van der Waals surface area contributed by atoms with E-state index in [2.05, 4.69) is 29.6 Å². The van der Waals surface area contributed by atoms with Gasteiger partial charge in [-0.2, -0.15) is 0 Å². The van der Waals surface area contributed by atoms with Gasteiger partial charge in [-0.25, -0.2) is 0 Å². The molecule has 88 valence electrons. The van der Waals surface area contributed by atoms with E-state index in [-0.39, 0.29) is 0 Å². The summed E-state index contributed by atoms with van der Waals surface area (Å²) in [5.41, 5.74) is 6.86. The molecular formula is C15H17NO. The highest BCUT2D eigenvalue weighted by Gasteiger charge is 2.26. The summed E-state index contributed by atoms with van der Waals surface area (Å²) in [4.78, 5) is 0. The number of allylic oxidation sites excluding steroid dienone is 3. The fourth-order valence-electron chi connectivity index (χ4n) is 2.90. The summed E-state index contributed by atoms with van der Waals surface area (Å²) >= 11 is 0. The minimum Gasteiger partial charge on any atom is -0.496 e. The van der Waals surface area contributed by atoms with Crippen LogP contribution in [0.1, 0.15) is 23.1 Å². The summed E-state index contributed by atoms with van der Waals surface area (Å²) < 4.78 is 5.54. The van der Waals surface area contributed by atoms with E-state index < -0.39 is 0 Å². The average Bonchev–Trinajstić information content (AvgIpc) is 2.40. The molecule has 1 aromatic rings. The Balaban J connectivity index is 2.27. The van der Waals surface area contributed by atoms with Crippen LogP contribution in [0.5, 0.6) is 0 Å². The molecule has 0 spiro atoms. The lowest BCUT2D eigenvalue weighted by Gasteiger charge is -2.29. The van der Waals surface area contributed by atoms with Crippen molar-refractivity contribution in [2.75, 3.05) is 14.2 Å². The predicted octanol–water partition coefficient (Wildman–Crippen LogP) is 2.65. The van der Waals surface area contributed by atoms with E-state index in [4.69, 9.17) is 4.74 Å². The molecule has 2 aliphatic carbocycles. The van der Waals surface area contributed by atoms with Crippen LogP contribution in [-0.2, 0) is 17.6 Å². The molecule has 0 aromatic heterocycles. The van der Waals surface area contributed by atoms with Crippen LogP contribution in [0, 0.1) is 0 Å². The Bertz CT molecular complexity index is 526. The van der Waals surface area contributed by atoms with Crippen molar-refractivity contribution >= 4 is 5.57 Å². The number of methoxy groups -OCH3 is 1. The maximum Gasteiger partial charge on any atom is 0.124 e. The third-order valence-corrected chi connectivity index (χ3v) is 3.71. The summed E-state index contributed by atoms with van der Waals surface area (Å²) in [6, 6.07) is 6.63. The van der Waals surface area contributed by atoms with Gasteiger partial charge in [0.25, 0.3) is 0 Å². The van der Waals surface area contributed by atoms with Gasteiger partial charge in [-0.3, -0.25) is 0 Å². The average molecular weight is 227 g/mol. The van der Waals surface area contributed by atoms with Gasteiger partial charge in [0, 0.05) is 18.3 Å². The molecule has 3 rings (SSSR count). The third kappa shape index (κ3) is 1.47. The number of rotatable bonds is 2. The molecule has 0 amide bonds. The zero-order chi connectivity index (χ0) is 11.8. The Morgan fingerprint density at radius 1 is 1.18 bits per heavy atom. The second-order valence-corrected chi connectivity index (χ2v) is 4.53. The molecule has 2 heteroatoms. The summed E-state index contributed by atoms with van der Waals surface area (Å²) in [6.45, 7) is 0. The van der Waals surface area contributed by atoms with E-state index in [1.807, 2.05) is 7.05 Å². The quantitative estimate of drug-likeness (QED) is 0.838. The Hall–Kier alpha value is -1.70. The zero-order valence-corrected chi connectivity index (χ0v) is 10.3. The lowest BCUT2D eigenvalue weighted by atomic mass is 9.80. The second kappa shape index (κ2) is 3.95. The molecule has 0 atom stereocenters. The SMILES string of the molecule is CNC1=C2C(OC)=CCc3cccc(c32)CC1. The topological polar surface area (TPSA) is 21.3 Å². The molecular weight excluding hydrogens is 210 g/mol. The first-order chi connectivity index (χ1) is 8.35. The second-order valence-electron chi connectivity index (χ2n) is 4.53. The van der Waals surface area contributed by atoms with E-state index in [1.54, 1.807) is 7.11 Å². The fraction of sp³-hybridized carbons (Fsp3) is 0.333. The van der Waals surface area contributed by atoms with Crippen LogP contribution in [0.4, 0.5) is 0 Å². The maximum atomic E-state index is 5.54. The van der Waals surface area contributed by atoms with Crippen molar-refractivity contribution in [1.82, 2.24) is 5.32 Å². The Labute approximate surface area is 102 Å². The molecule has 0 saturated heterocycles. The number of benzene rings is 1. The van der Waals surface area contributed by atoms with Crippen LogP contribution >= 0.6 is 0 Å². The highest BCUT2D eigenvalue weighted by atomic mass is 16.5. The first-order valence-electron chi connectivity index (χ1n) is 6.11. The molecule has 1 N–H and O–H groups in total. The summed E-state index contributed by atoms with van der Waals surface area (Å²) in [7, 11) is 3.76. The van der Waals surface area contributed by atoms with Crippen LogP contribution in [0.3, 0.4) is 0 Å². The molecule has 0 saturated carbocycles. The summed E-state index contributed by atoms with van der Waals surface area (Å²) in [5.74, 6) is 1.02. The molecule has 2 aliphatic rings. The number of aryl methyl sites for hydroxylation is 1. The molecule has 0 fully saturated rings. The Morgan fingerprint density at radius 2 is 2.00 bits per heavy atom. The van der Waals surface area contributed by atoms with E-state index in [9.17, 15) is 0 Å². The van der Waals surface area contributed by atoms with Crippen LogP contribution in [0.25, 0.3) is 5.57 Å². The maximum absolute atomic E-state index is 5.54. The first-order valence-corrected chi connectivity index (χ1v) is 6.11. The van der Waals surface area contributed by atoms with E-state index >= 15 is 0 Å². The van der Waals surface area contributed by atoms with Crippen molar-refractivity contribution in [2.24, 2.45) is 0 Å². The van der Waals surface area contributed by atoms with E-state index in [1.165, 1.54) is 28.0 Å². The smallest absolute Gasteiger partial charge is 0.124 e. The number of hydrogen-bond acceptors (Lipinski definition) is 2. The van der Waals surface area contributed by atoms with E-state index in [0.29, 0.717) is 0 Å². The van der Waals surface area contributed by atoms with Gasteiger partial charge in [-0.05, 0) is 42.0 Å². The van der Waals surface area contributed by atoms with Crippen molar-refractivity contribution in [3.63, 3.8) is 0 Å². The lowest BCUT2D eigenvalue weighted by molar-refractivity contribution is 0.307. The molecule has 0 aliphatic heterocycles. The molecule has 0 unspecified atom stereocenters. The van der Waals surface area contributed by atoms with Crippen molar-refractivity contribution in [3.8, 4) is 0 Å². The first kappa shape index (κ1) is 10.5. The van der Waals surface area contributed by atoms with Crippen molar-refractivity contribution in [1.29, 1.82) is 0 Å². The lowest BCUT2D eigenvalue weighted by Crippen LogP contribution is -2.19. The van der Waals surface area contributed by atoms with Gasteiger partial charge in [0.2, 0.25) is 0 Å². The zero-order valence-electron chi connectivity index (χ0n) is 10.3. The monoisotopic (exact) mass is 227 g/mol. The van der Waals surface area contributed by atoms with Gasteiger partial charge in [0.05, 0.1) is 7.11 Å². The highest BCUT2D eigenvalue weighted by Crippen LogP contribution is 2.40. The van der Waals surface area contributed by atoms with Crippen LogP contribution in [-0.4, -0.2) is 14.2 Å². The van der Waals surface area contributed by atoms with Crippen LogP contribution in [0.2, 0.25) is 0 Å². The number of hydrogen-bond donors (Lipinski definition) is 1. The highest BCUT2D eigenvalue weighted by molar-refractivity contribution is 5.86. The molecule has 2 nitrogen and oxygen atoms in total. The molecule has 0 radical (unpaired) electrons. The van der Waals surface area contributed by atoms with Gasteiger partial charge < -0.3 is 10.1 Å². The van der Waals surface area contributed by atoms with Crippen molar-refractivity contribution in [2.45, 2.75) is 19.3 Å². The Kier molecular flexibility index (Phi) is 2.43. The van der Waals surface area contributed by atoms with Crippen LogP contribution in [0.15, 0.2) is 35.7 Å². The summed E-state index contributed by atoms with van der Waals surface area (Å²) in [5, 5.41) is 3.33. The molecule has 0 heterocycles. The van der Waals surface area contributed by atoms with Crippen LogP contribution < -0.4 is 5.32 Å². The number of nitrogens with one attached hydrogen (secondary N) is 1. The van der Waals surface area contributed by atoms with Gasteiger partial charge in [0.1, 0.15) is 5.76 Å². The predicted molar refractivity (Wildman–Crippen MR) is 69.5 cm³/mol. The number of ether oxygens (including phenoxy) is 1. The van der Waals surface area contributed by atoms with E-state index in [0.717, 1.165) is 25.0 Å². The fourth-order valence-corrected chi connectivity index (χ4v) is 2.90. The standard InChI is InChI=1S/C15H17NO/c1-16-12-8-6-10-4-3-5-11-7-9-13(17-2)15(12)14(10)11/h3-5,9,16H,6-8H2,1-2H3. The Morgan fingerprint density at radius 3 is 2.76 bits per heavy atom. The van der Waals surface area contributed by atoms with Gasteiger partial charge >= 0.3 is 0 Å². The minimum absolute atomic E-state index is 0.979. The largest absolute Gasteiger partial charge is 0.496 e. The molecule has 1 aromatic carbocycles.